The van der Waals surface area contributed by atoms with Crippen LogP contribution in [0.15, 0.2) is 12.1 Å². The number of rotatable bonds is 5. The lowest BCUT2D eigenvalue weighted by Gasteiger charge is -2.37. The summed E-state index contributed by atoms with van der Waals surface area (Å²) in [6.45, 7) is 4.13. The van der Waals surface area contributed by atoms with Crippen molar-refractivity contribution >= 4 is 23.2 Å². The topological polar surface area (TPSA) is 28.2 Å². The molecular formula is C16H23Cl2N3. The second-order valence-electron chi connectivity index (χ2n) is 6.30. The molecule has 2 aliphatic heterocycles. The molecule has 2 fully saturated rings. The van der Waals surface area contributed by atoms with Gasteiger partial charge in [-0.25, -0.2) is 4.98 Å². The van der Waals surface area contributed by atoms with E-state index < -0.39 is 0 Å². The van der Waals surface area contributed by atoms with E-state index in [1.165, 1.54) is 25.7 Å². The molecule has 1 aromatic heterocycles. The van der Waals surface area contributed by atoms with Crippen molar-refractivity contribution in [3.63, 3.8) is 0 Å². The van der Waals surface area contributed by atoms with Crippen LogP contribution in [-0.4, -0.2) is 34.6 Å². The molecule has 0 aromatic carbocycles. The fourth-order valence-corrected chi connectivity index (χ4v) is 4.09. The highest BCUT2D eigenvalue weighted by Crippen LogP contribution is 2.31. The second-order valence-corrected chi connectivity index (χ2v) is 7.09. The Balaban J connectivity index is 1.73. The van der Waals surface area contributed by atoms with E-state index in [1.54, 1.807) is 6.07 Å². The van der Waals surface area contributed by atoms with Gasteiger partial charge in [-0.05, 0) is 50.8 Å². The molecule has 0 saturated carbocycles. The molecule has 0 radical (unpaired) electrons. The number of aromatic nitrogens is 1. The van der Waals surface area contributed by atoms with E-state index in [9.17, 15) is 0 Å². The van der Waals surface area contributed by atoms with Crippen LogP contribution in [0.3, 0.4) is 0 Å². The molecule has 0 spiro atoms. The first-order valence-corrected chi connectivity index (χ1v) is 8.72. The number of fused-ring (bicyclic) bond motifs is 2. The van der Waals surface area contributed by atoms with Crippen molar-refractivity contribution in [3.05, 3.63) is 28.0 Å². The molecule has 2 atom stereocenters. The molecule has 1 aromatic rings. The minimum Gasteiger partial charge on any atom is -0.311 e. The molecule has 116 valence electrons. The van der Waals surface area contributed by atoms with Crippen molar-refractivity contribution in [2.75, 3.05) is 6.54 Å². The van der Waals surface area contributed by atoms with Crippen molar-refractivity contribution in [2.24, 2.45) is 0 Å². The van der Waals surface area contributed by atoms with Crippen molar-refractivity contribution < 1.29 is 0 Å². The largest absolute Gasteiger partial charge is 0.311 e. The third kappa shape index (κ3) is 3.70. The van der Waals surface area contributed by atoms with Gasteiger partial charge in [0.25, 0.3) is 0 Å². The summed E-state index contributed by atoms with van der Waals surface area (Å²) in [5.41, 5.74) is 0.906. The van der Waals surface area contributed by atoms with Gasteiger partial charge in [-0.1, -0.05) is 30.1 Å². The lowest BCUT2D eigenvalue weighted by Crippen LogP contribution is -2.48. The molecule has 2 saturated heterocycles. The van der Waals surface area contributed by atoms with Gasteiger partial charge < -0.3 is 5.32 Å². The van der Waals surface area contributed by atoms with Gasteiger partial charge >= 0.3 is 0 Å². The van der Waals surface area contributed by atoms with E-state index in [0.29, 0.717) is 23.3 Å². The van der Waals surface area contributed by atoms with Crippen LogP contribution in [0.5, 0.6) is 0 Å². The van der Waals surface area contributed by atoms with Crippen LogP contribution in [0.2, 0.25) is 10.2 Å². The van der Waals surface area contributed by atoms with Gasteiger partial charge in [-0.2, -0.15) is 0 Å². The summed E-state index contributed by atoms with van der Waals surface area (Å²) in [5.74, 6) is 0. The molecule has 2 unspecified atom stereocenters. The van der Waals surface area contributed by atoms with Crippen molar-refractivity contribution in [3.8, 4) is 0 Å². The first-order valence-electron chi connectivity index (χ1n) is 7.96. The lowest BCUT2D eigenvalue weighted by molar-refractivity contribution is 0.132. The fourth-order valence-electron chi connectivity index (χ4n) is 3.76. The van der Waals surface area contributed by atoms with Crippen molar-refractivity contribution in [1.82, 2.24) is 15.2 Å². The fraction of sp³-hybridized carbons (Fsp3) is 0.688. The highest BCUT2D eigenvalue weighted by atomic mass is 35.5. The van der Waals surface area contributed by atoms with Gasteiger partial charge in [0, 0.05) is 24.7 Å². The predicted octanol–water partition coefficient (Wildman–Crippen LogP) is 3.88. The quantitative estimate of drug-likeness (QED) is 0.832. The van der Waals surface area contributed by atoms with Gasteiger partial charge in [-0.3, -0.25) is 4.90 Å². The third-order valence-electron chi connectivity index (χ3n) is 4.71. The van der Waals surface area contributed by atoms with Crippen LogP contribution in [0, 0.1) is 0 Å². The van der Waals surface area contributed by atoms with Crippen LogP contribution in [-0.2, 0) is 6.54 Å². The molecule has 0 amide bonds. The normalized spacial score (nSPS) is 28.3. The van der Waals surface area contributed by atoms with Gasteiger partial charge in [0.1, 0.15) is 5.15 Å². The minimum absolute atomic E-state index is 0.524. The molecule has 1 N–H and O–H groups in total. The molecule has 5 heteroatoms. The van der Waals surface area contributed by atoms with Gasteiger partial charge in [0.2, 0.25) is 0 Å². The van der Waals surface area contributed by atoms with Crippen LogP contribution in [0.25, 0.3) is 0 Å². The minimum atomic E-state index is 0.524. The Labute approximate surface area is 137 Å². The number of hydrogen-bond acceptors (Lipinski definition) is 3. The number of halogens is 2. The maximum absolute atomic E-state index is 6.29. The maximum atomic E-state index is 6.29. The summed E-state index contributed by atoms with van der Waals surface area (Å²) in [7, 11) is 0. The molecule has 3 nitrogen and oxygen atoms in total. The van der Waals surface area contributed by atoms with Gasteiger partial charge in [0.15, 0.2) is 0 Å². The van der Waals surface area contributed by atoms with Crippen LogP contribution < -0.4 is 5.32 Å². The third-order valence-corrected chi connectivity index (χ3v) is 5.27. The Bertz CT molecular complexity index is 482. The van der Waals surface area contributed by atoms with Crippen molar-refractivity contribution in [2.45, 2.75) is 63.7 Å². The number of hydrogen-bond donors (Lipinski definition) is 1. The molecule has 3 rings (SSSR count). The van der Waals surface area contributed by atoms with Crippen LogP contribution >= 0.6 is 23.2 Å². The Morgan fingerprint density at radius 2 is 1.95 bits per heavy atom. The van der Waals surface area contributed by atoms with E-state index in [0.717, 1.165) is 30.2 Å². The SMILES string of the molecule is CCCN(Cc1nc(Cl)ccc1Cl)C1CC2CCC(C1)N2. The van der Waals surface area contributed by atoms with E-state index in [4.69, 9.17) is 23.2 Å². The summed E-state index contributed by atoms with van der Waals surface area (Å²) in [5, 5.41) is 4.96. The smallest absolute Gasteiger partial charge is 0.129 e. The van der Waals surface area contributed by atoms with E-state index in [-0.39, 0.29) is 0 Å². The lowest BCUT2D eigenvalue weighted by atomic mass is 9.97. The number of nitrogens with one attached hydrogen (secondary N) is 1. The monoisotopic (exact) mass is 327 g/mol. The van der Waals surface area contributed by atoms with Crippen molar-refractivity contribution in [1.29, 1.82) is 0 Å². The van der Waals surface area contributed by atoms with E-state index >= 15 is 0 Å². The zero-order valence-electron chi connectivity index (χ0n) is 12.5. The Hall–Kier alpha value is -0.350. The maximum Gasteiger partial charge on any atom is 0.129 e. The summed E-state index contributed by atoms with van der Waals surface area (Å²) in [4.78, 5) is 6.97. The zero-order valence-corrected chi connectivity index (χ0v) is 14.0. The molecular weight excluding hydrogens is 305 g/mol. The first kappa shape index (κ1) is 15.5. The van der Waals surface area contributed by atoms with Crippen LogP contribution in [0.4, 0.5) is 0 Å². The van der Waals surface area contributed by atoms with Crippen LogP contribution in [0.1, 0.15) is 44.7 Å². The average Bonchev–Trinajstić information content (AvgIpc) is 2.81. The highest BCUT2D eigenvalue weighted by Gasteiger charge is 2.36. The highest BCUT2D eigenvalue weighted by molar-refractivity contribution is 6.32. The average molecular weight is 328 g/mol. The molecule has 21 heavy (non-hydrogen) atoms. The summed E-state index contributed by atoms with van der Waals surface area (Å²) >= 11 is 12.3. The Morgan fingerprint density at radius 1 is 1.24 bits per heavy atom. The van der Waals surface area contributed by atoms with Gasteiger partial charge in [0.05, 0.1) is 10.7 Å². The molecule has 2 bridgehead atoms. The van der Waals surface area contributed by atoms with Gasteiger partial charge in [-0.15, -0.1) is 0 Å². The summed E-state index contributed by atoms with van der Waals surface area (Å²) in [6.07, 6.45) is 6.30. The zero-order chi connectivity index (χ0) is 14.8. The van der Waals surface area contributed by atoms with E-state index in [1.807, 2.05) is 6.07 Å². The number of piperidine rings is 1. The summed E-state index contributed by atoms with van der Waals surface area (Å²) < 4.78 is 0. The standard InChI is InChI=1S/C16H23Cl2N3/c1-2-7-21(10-15-14(17)5-6-16(18)20-15)13-8-11-3-4-12(9-13)19-11/h5-6,11-13,19H,2-4,7-10H2,1H3. The Kier molecular flexibility index (Phi) is 5.05. The second kappa shape index (κ2) is 6.82. The molecule has 0 aliphatic carbocycles. The Morgan fingerprint density at radius 3 is 2.62 bits per heavy atom. The number of pyridine rings is 1. The molecule has 2 aliphatic rings. The predicted molar refractivity (Wildman–Crippen MR) is 87.9 cm³/mol. The molecule has 3 heterocycles. The summed E-state index contributed by atoms with van der Waals surface area (Å²) in [6, 6.07) is 5.65. The first-order chi connectivity index (χ1) is 10.2. The van der Waals surface area contributed by atoms with E-state index in [2.05, 4.69) is 22.1 Å². The number of nitrogens with zero attached hydrogens (tertiary/aromatic N) is 2.